The van der Waals surface area contributed by atoms with Gasteiger partial charge in [0.1, 0.15) is 5.15 Å². The van der Waals surface area contributed by atoms with E-state index in [1.165, 1.54) is 0 Å². The fourth-order valence-corrected chi connectivity index (χ4v) is 2.00. The van der Waals surface area contributed by atoms with Gasteiger partial charge in [-0.3, -0.25) is 4.79 Å². The molecule has 4 heteroatoms. The molecule has 0 saturated carbocycles. The Kier molecular flexibility index (Phi) is 2.25. The van der Waals surface area contributed by atoms with E-state index in [1.54, 1.807) is 6.07 Å². The van der Waals surface area contributed by atoms with Gasteiger partial charge >= 0.3 is 0 Å². The summed E-state index contributed by atoms with van der Waals surface area (Å²) in [5.74, 6) is 0. The van der Waals surface area contributed by atoms with E-state index in [0.717, 1.165) is 11.1 Å². The van der Waals surface area contributed by atoms with E-state index >= 15 is 0 Å². The molecule has 0 unspecified atom stereocenters. The summed E-state index contributed by atoms with van der Waals surface area (Å²) >= 11 is 11.9. The number of rotatable bonds is 1. The van der Waals surface area contributed by atoms with Crippen LogP contribution in [0, 0.1) is 6.92 Å². The predicted octanol–water partition coefficient (Wildman–Crippen LogP) is 3.60. The molecule has 1 aromatic heterocycles. The molecule has 0 amide bonds. The highest BCUT2D eigenvalue weighted by Crippen LogP contribution is 2.32. The third-order valence-electron chi connectivity index (χ3n) is 2.22. The van der Waals surface area contributed by atoms with Gasteiger partial charge in [-0.15, -0.1) is 0 Å². The lowest BCUT2D eigenvalue weighted by Crippen LogP contribution is -1.79. The quantitative estimate of drug-likeness (QED) is 0.743. The fraction of sp³-hybridized carbons (Fsp3) is 0.100. The summed E-state index contributed by atoms with van der Waals surface area (Å²) in [5.41, 5.74) is 2.26. The first kappa shape index (κ1) is 9.56. The summed E-state index contributed by atoms with van der Waals surface area (Å²) in [6.07, 6.45) is 0.715. The minimum atomic E-state index is 0.339. The van der Waals surface area contributed by atoms with E-state index in [-0.39, 0.29) is 0 Å². The summed E-state index contributed by atoms with van der Waals surface area (Å²) in [6, 6.07) is 3.64. The number of hydrogen-bond acceptors (Lipinski definition) is 1. The van der Waals surface area contributed by atoms with Crippen molar-refractivity contribution in [3.05, 3.63) is 33.4 Å². The number of aromatic amines is 1. The Labute approximate surface area is 90.8 Å². The largest absolute Gasteiger partial charge is 0.345 e. The molecule has 1 heterocycles. The normalized spacial score (nSPS) is 10.8. The van der Waals surface area contributed by atoms with Crippen molar-refractivity contribution >= 4 is 40.4 Å². The van der Waals surface area contributed by atoms with Crippen LogP contribution in [-0.2, 0) is 0 Å². The molecule has 72 valence electrons. The van der Waals surface area contributed by atoms with Crippen LogP contribution in [0.4, 0.5) is 0 Å². The minimum Gasteiger partial charge on any atom is -0.345 e. The number of carbonyl (C=O) groups is 1. The fourth-order valence-electron chi connectivity index (χ4n) is 1.50. The molecule has 0 radical (unpaired) electrons. The van der Waals surface area contributed by atoms with Gasteiger partial charge in [-0.05, 0) is 18.6 Å². The number of nitrogens with one attached hydrogen (secondary N) is 1. The van der Waals surface area contributed by atoms with E-state index in [4.69, 9.17) is 23.2 Å². The highest BCUT2D eigenvalue weighted by Gasteiger charge is 2.13. The van der Waals surface area contributed by atoms with Gasteiger partial charge in [0.25, 0.3) is 0 Å². The first-order valence-corrected chi connectivity index (χ1v) is 4.82. The second-order valence-corrected chi connectivity index (χ2v) is 3.87. The molecule has 0 fully saturated rings. The second kappa shape index (κ2) is 3.30. The van der Waals surface area contributed by atoms with Crippen LogP contribution in [0.2, 0.25) is 10.2 Å². The Morgan fingerprint density at radius 1 is 1.36 bits per heavy atom. The van der Waals surface area contributed by atoms with Crippen LogP contribution >= 0.6 is 23.2 Å². The van der Waals surface area contributed by atoms with Crippen molar-refractivity contribution < 1.29 is 4.79 Å². The van der Waals surface area contributed by atoms with Crippen LogP contribution in [0.3, 0.4) is 0 Å². The first-order valence-electron chi connectivity index (χ1n) is 4.06. The molecule has 0 aliphatic carbocycles. The number of fused-ring (bicyclic) bond motifs is 1. The zero-order valence-electron chi connectivity index (χ0n) is 7.40. The lowest BCUT2D eigenvalue weighted by Gasteiger charge is -1.97. The lowest BCUT2D eigenvalue weighted by molar-refractivity contribution is 0.112. The maximum absolute atomic E-state index is 10.8. The van der Waals surface area contributed by atoms with Crippen LogP contribution in [-0.4, -0.2) is 11.3 Å². The van der Waals surface area contributed by atoms with E-state index in [2.05, 4.69) is 4.98 Å². The molecule has 2 rings (SSSR count). The Morgan fingerprint density at radius 2 is 2.07 bits per heavy atom. The molecule has 2 nitrogen and oxygen atoms in total. The summed E-state index contributed by atoms with van der Waals surface area (Å²) in [4.78, 5) is 13.7. The smallest absolute Gasteiger partial charge is 0.153 e. The monoisotopic (exact) mass is 227 g/mol. The molecular formula is C10H7Cl2NO. The van der Waals surface area contributed by atoms with Crippen LogP contribution in [0.5, 0.6) is 0 Å². The number of aromatic nitrogens is 1. The van der Waals surface area contributed by atoms with Gasteiger partial charge < -0.3 is 4.98 Å². The maximum atomic E-state index is 10.8. The van der Waals surface area contributed by atoms with E-state index in [0.29, 0.717) is 27.4 Å². The summed E-state index contributed by atoms with van der Waals surface area (Å²) in [7, 11) is 0. The van der Waals surface area contributed by atoms with E-state index in [9.17, 15) is 4.79 Å². The molecule has 1 aromatic carbocycles. The van der Waals surface area contributed by atoms with Crippen molar-refractivity contribution in [2.75, 3.05) is 0 Å². The lowest BCUT2D eigenvalue weighted by atomic mass is 10.1. The molecule has 0 spiro atoms. The van der Waals surface area contributed by atoms with Gasteiger partial charge in [-0.25, -0.2) is 0 Å². The SMILES string of the molecule is Cc1ccc(Cl)c2c(C=O)c(Cl)[nH]c12. The average Bonchev–Trinajstić information content (AvgIpc) is 2.50. The van der Waals surface area contributed by atoms with E-state index in [1.807, 2.05) is 13.0 Å². The van der Waals surface area contributed by atoms with Gasteiger partial charge in [0.15, 0.2) is 6.29 Å². The average molecular weight is 228 g/mol. The first-order chi connectivity index (χ1) is 6.65. The Bertz CT molecular complexity index is 516. The van der Waals surface area contributed by atoms with Gasteiger partial charge in [0, 0.05) is 5.39 Å². The van der Waals surface area contributed by atoms with Crippen LogP contribution in [0.25, 0.3) is 10.9 Å². The van der Waals surface area contributed by atoms with E-state index < -0.39 is 0 Å². The van der Waals surface area contributed by atoms with Crippen molar-refractivity contribution in [3.63, 3.8) is 0 Å². The highest BCUT2D eigenvalue weighted by atomic mass is 35.5. The van der Waals surface area contributed by atoms with Crippen molar-refractivity contribution in [2.24, 2.45) is 0 Å². The minimum absolute atomic E-state index is 0.339. The molecule has 0 atom stereocenters. The molecule has 1 N–H and O–H groups in total. The molecule has 0 aliphatic rings. The molecule has 0 saturated heterocycles. The Hall–Kier alpha value is -0.990. The van der Waals surface area contributed by atoms with Crippen molar-refractivity contribution in [2.45, 2.75) is 6.92 Å². The topological polar surface area (TPSA) is 32.9 Å². The number of H-pyrrole nitrogens is 1. The van der Waals surface area contributed by atoms with Gasteiger partial charge in [0.05, 0.1) is 16.1 Å². The number of hydrogen-bond donors (Lipinski definition) is 1. The summed E-state index contributed by atoms with van der Waals surface area (Å²) in [6.45, 7) is 1.93. The number of halogens is 2. The zero-order valence-corrected chi connectivity index (χ0v) is 8.91. The Morgan fingerprint density at radius 3 is 2.71 bits per heavy atom. The summed E-state index contributed by atoms with van der Waals surface area (Å²) in [5, 5.41) is 1.58. The number of benzene rings is 1. The second-order valence-electron chi connectivity index (χ2n) is 3.08. The maximum Gasteiger partial charge on any atom is 0.153 e. The van der Waals surface area contributed by atoms with Crippen molar-refractivity contribution in [1.29, 1.82) is 0 Å². The van der Waals surface area contributed by atoms with Crippen LogP contribution in [0.15, 0.2) is 12.1 Å². The Balaban J connectivity index is 3.00. The molecule has 0 aliphatic heterocycles. The predicted molar refractivity (Wildman–Crippen MR) is 58.4 cm³/mol. The van der Waals surface area contributed by atoms with Gasteiger partial charge in [0.2, 0.25) is 0 Å². The third-order valence-corrected chi connectivity index (χ3v) is 2.83. The molecule has 14 heavy (non-hydrogen) atoms. The van der Waals surface area contributed by atoms with Crippen LogP contribution < -0.4 is 0 Å². The van der Waals surface area contributed by atoms with Gasteiger partial charge in [-0.1, -0.05) is 29.3 Å². The van der Waals surface area contributed by atoms with Crippen molar-refractivity contribution in [3.8, 4) is 0 Å². The molecule has 2 aromatic rings. The summed E-state index contributed by atoms with van der Waals surface area (Å²) < 4.78 is 0. The van der Waals surface area contributed by atoms with Crippen LogP contribution in [0.1, 0.15) is 15.9 Å². The number of aryl methyl sites for hydroxylation is 1. The number of carbonyl (C=O) groups excluding carboxylic acids is 1. The molecule has 0 bridgehead atoms. The highest BCUT2D eigenvalue weighted by molar-refractivity contribution is 6.39. The number of aldehydes is 1. The van der Waals surface area contributed by atoms with Crippen molar-refractivity contribution in [1.82, 2.24) is 4.98 Å². The van der Waals surface area contributed by atoms with Gasteiger partial charge in [-0.2, -0.15) is 0 Å². The zero-order chi connectivity index (χ0) is 10.3. The molecular weight excluding hydrogens is 221 g/mol. The third kappa shape index (κ3) is 1.22. The standard InChI is InChI=1S/C10H7Cl2NO/c1-5-2-3-7(11)8-6(4-14)10(12)13-9(5)8/h2-4,13H,1H3.